The molecular weight excluding hydrogens is 505 g/mol. The molecule has 7 nitrogen and oxygen atoms in total. The number of hydrogen-bond donors (Lipinski definition) is 1. The van der Waals surface area contributed by atoms with E-state index in [0.29, 0.717) is 19.1 Å². The van der Waals surface area contributed by atoms with E-state index in [9.17, 15) is 5.11 Å². The van der Waals surface area contributed by atoms with E-state index in [4.69, 9.17) is 25.9 Å². The van der Waals surface area contributed by atoms with Gasteiger partial charge in [-0.3, -0.25) is 0 Å². The summed E-state index contributed by atoms with van der Waals surface area (Å²) in [4.78, 5) is 0. The average Bonchev–Trinajstić information content (AvgIpc) is 2.47. The Labute approximate surface area is 209 Å². The molecule has 33 heavy (non-hydrogen) atoms. The summed E-state index contributed by atoms with van der Waals surface area (Å²) in [5.41, 5.74) is 0.945. The van der Waals surface area contributed by atoms with Gasteiger partial charge in [-0.25, -0.2) is 0 Å². The third-order valence-electron chi connectivity index (χ3n) is 4.11. The Morgan fingerprint density at radius 2 is 1.21 bits per heavy atom. The maximum absolute atomic E-state index is 10.6. The number of rotatable bonds is 17. The van der Waals surface area contributed by atoms with Crippen LogP contribution in [0, 0.1) is 0 Å². The van der Waals surface area contributed by atoms with Crippen LogP contribution in [0.25, 0.3) is 0 Å². The van der Waals surface area contributed by atoms with Crippen LogP contribution < -0.4 is 0 Å². The minimum atomic E-state index is -2.49. The van der Waals surface area contributed by atoms with Crippen LogP contribution in [0.1, 0.15) is 20.3 Å². The van der Waals surface area contributed by atoms with Crippen LogP contribution in [0.5, 0.6) is 0 Å². The molecule has 2 unspecified atom stereocenters. The first-order valence-corrected chi connectivity index (χ1v) is 26.9. The first-order valence-electron chi connectivity index (χ1n) is 11.9. The maximum Gasteiger partial charge on any atom is 0.314 e. The lowest BCUT2D eigenvalue weighted by Gasteiger charge is -2.42. The highest BCUT2D eigenvalue weighted by Crippen LogP contribution is 2.27. The largest absolute Gasteiger partial charge is 0.437 e. The molecule has 0 aromatic rings. The van der Waals surface area contributed by atoms with Gasteiger partial charge in [-0.1, -0.05) is 19.1 Å². The van der Waals surface area contributed by atoms with Crippen molar-refractivity contribution < 1.29 is 31.0 Å². The molecule has 0 aromatic carbocycles. The Balaban J connectivity index is 4.87. The Kier molecular flexibility index (Phi) is 13.4. The van der Waals surface area contributed by atoms with Gasteiger partial charge >= 0.3 is 25.7 Å². The summed E-state index contributed by atoms with van der Waals surface area (Å²) < 4.78 is 37.4. The van der Waals surface area contributed by atoms with Crippen LogP contribution in [0.4, 0.5) is 0 Å². The van der Waals surface area contributed by atoms with Crippen LogP contribution in [-0.4, -0.2) is 73.0 Å². The molecule has 0 spiro atoms. The summed E-state index contributed by atoms with van der Waals surface area (Å²) in [6, 6.07) is 0.561. The first kappa shape index (κ1) is 33.5. The minimum Gasteiger partial charge on any atom is -0.437 e. The van der Waals surface area contributed by atoms with E-state index in [1.54, 1.807) is 0 Å². The van der Waals surface area contributed by atoms with Crippen molar-refractivity contribution in [1.29, 1.82) is 0 Å². The average molecular weight is 557 g/mol. The molecule has 0 amide bonds. The predicted octanol–water partition coefficient (Wildman–Crippen LogP) is 5.90. The molecule has 2 atom stereocenters. The molecule has 198 valence electrons. The molecule has 0 saturated carbocycles. The van der Waals surface area contributed by atoms with Crippen LogP contribution in [-0.2, 0) is 25.9 Å². The van der Waals surface area contributed by atoms with Gasteiger partial charge in [0.15, 0.2) is 22.9 Å². The fourth-order valence-corrected chi connectivity index (χ4v) is 28.0. The molecule has 0 heterocycles. The summed E-state index contributed by atoms with van der Waals surface area (Å²) in [7, 11) is -11.2. The number of aliphatic hydroxyl groups excluding tert-OH is 1. The molecule has 1 N–H and O–H groups in total. The van der Waals surface area contributed by atoms with Crippen LogP contribution in [0.15, 0.2) is 12.2 Å². The first-order chi connectivity index (χ1) is 14.6. The van der Waals surface area contributed by atoms with Crippen LogP contribution >= 0.6 is 0 Å². The molecule has 0 aliphatic carbocycles. The van der Waals surface area contributed by atoms with E-state index in [0.717, 1.165) is 5.57 Å². The molecule has 0 aliphatic heterocycles. The highest BCUT2D eigenvalue weighted by atomic mass is 28.5. The Morgan fingerprint density at radius 1 is 0.758 bits per heavy atom. The molecule has 0 bridgehead atoms. The highest BCUT2D eigenvalue weighted by molar-refractivity contribution is 6.90. The Morgan fingerprint density at radius 3 is 1.64 bits per heavy atom. The van der Waals surface area contributed by atoms with E-state index >= 15 is 0 Å². The van der Waals surface area contributed by atoms with E-state index < -0.39 is 48.4 Å². The van der Waals surface area contributed by atoms with Crippen molar-refractivity contribution in [3.05, 3.63) is 12.2 Å². The lowest BCUT2D eigenvalue weighted by atomic mass is 10.4. The van der Waals surface area contributed by atoms with Gasteiger partial charge in [0.05, 0.1) is 19.3 Å². The van der Waals surface area contributed by atoms with Crippen LogP contribution in [0.3, 0.4) is 0 Å². The van der Waals surface area contributed by atoms with Crippen molar-refractivity contribution in [3.8, 4) is 0 Å². The second-order valence-electron chi connectivity index (χ2n) is 11.8. The van der Waals surface area contributed by atoms with E-state index in [-0.39, 0.29) is 12.9 Å². The van der Waals surface area contributed by atoms with Gasteiger partial charge in [0, 0.05) is 0 Å². The Bertz CT molecular complexity index is 606. The molecule has 12 heteroatoms. The van der Waals surface area contributed by atoms with Crippen molar-refractivity contribution in [2.45, 2.75) is 111 Å². The molecule has 0 radical (unpaired) electrons. The SMILES string of the molecule is C=C(C)COC(CC)OCC(O)C[Si](C)(C)O[Si](C)(C)O[Si](C)(C)O[Si](C)(C)O[Si](C)(C)C. The van der Waals surface area contributed by atoms with Gasteiger partial charge in [-0.15, -0.1) is 0 Å². The zero-order valence-electron chi connectivity index (χ0n) is 23.6. The molecule has 0 fully saturated rings. The molecule has 0 aliphatic rings. The topological polar surface area (TPSA) is 75.6 Å². The fraction of sp³-hybridized carbons (Fsp3) is 0.905. The van der Waals surface area contributed by atoms with Gasteiger partial charge in [-0.2, -0.15) is 0 Å². The smallest absolute Gasteiger partial charge is 0.314 e. The standard InChI is InChI=1S/C21H52O7Si5/c1-15-21(23-16-19(2)3)24-17-20(22)18-30(7,8)26-32(11,12)28-33(13,14)27-31(9,10)25-29(4,5)6/h20-22H,2,15-18H2,1,3-14H3. The van der Waals surface area contributed by atoms with Gasteiger partial charge in [0.1, 0.15) is 0 Å². The summed E-state index contributed by atoms with van der Waals surface area (Å²) >= 11 is 0. The second-order valence-corrected chi connectivity index (χ2v) is 31.6. The van der Waals surface area contributed by atoms with Crippen LogP contribution in [0.2, 0.25) is 78.1 Å². The van der Waals surface area contributed by atoms with Crippen molar-refractivity contribution >= 4 is 42.3 Å². The van der Waals surface area contributed by atoms with Crippen molar-refractivity contribution in [1.82, 2.24) is 0 Å². The Hall–Kier alpha value is 0.544. The van der Waals surface area contributed by atoms with E-state index in [2.05, 4.69) is 78.6 Å². The lowest BCUT2D eigenvalue weighted by molar-refractivity contribution is -0.151. The zero-order valence-corrected chi connectivity index (χ0v) is 28.6. The number of ether oxygens (including phenoxy) is 2. The maximum atomic E-state index is 10.6. The van der Waals surface area contributed by atoms with Gasteiger partial charge in [0.2, 0.25) is 0 Å². The minimum absolute atomic E-state index is 0.217. The summed E-state index contributed by atoms with van der Waals surface area (Å²) in [6.07, 6.45) is -0.241. The highest BCUT2D eigenvalue weighted by Gasteiger charge is 2.45. The summed E-state index contributed by atoms with van der Waals surface area (Å²) in [5, 5.41) is 10.6. The second kappa shape index (κ2) is 13.2. The number of hydrogen-bond acceptors (Lipinski definition) is 7. The molecular formula is C21H52O7Si5. The fourth-order valence-electron chi connectivity index (χ4n) is 4.05. The predicted molar refractivity (Wildman–Crippen MR) is 149 cm³/mol. The van der Waals surface area contributed by atoms with Crippen molar-refractivity contribution in [2.24, 2.45) is 0 Å². The molecule has 0 rings (SSSR count). The third kappa shape index (κ3) is 17.6. The van der Waals surface area contributed by atoms with E-state index in [1.165, 1.54) is 0 Å². The zero-order chi connectivity index (χ0) is 26.3. The quantitative estimate of drug-likeness (QED) is 0.136. The molecule has 0 saturated heterocycles. The monoisotopic (exact) mass is 556 g/mol. The van der Waals surface area contributed by atoms with Crippen molar-refractivity contribution in [3.63, 3.8) is 0 Å². The number of aliphatic hydroxyl groups is 1. The lowest BCUT2D eigenvalue weighted by Crippen LogP contribution is -2.58. The molecule has 0 aromatic heterocycles. The van der Waals surface area contributed by atoms with Crippen molar-refractivity contribution in [2.75, 3.05) is 13.2 Å². The third-order valence-corrected chi connectivity index (χ3v) is 22.0. The van der Waals surface area contributed by atoms with E-state index in [1.807, 2.05) is 13.8 Å². The van der Waals surface area contributed by atoms with Gasteiger partial charge in [0.25, 0.3) is 0 Å². The van der Waals surface area contributed by atoms with Gasteiger partial charge < -0.3 is 31.0 Å². The van der Waals surface area contributed by atoms with Gasteiger partial charge in [-0.05, 0) is 91.4 Å². The normalized spacial score (nSPS) is 16.1. The summed E-state index contributed by atoms with van der Waals surface area (Å²) in [5.74, 6) is 0. The summed E-state index contributed by atoms with van der Waals surface area (Å²) in [6.45, 7) is 31.7.